The molecule has 3 N–H and O–H groups in total. The van der Waals surface area contributed by atoms with Crippen molar-refractivity contribution >= 4 is 23.6 Å². The molecule has 3 heterocycles. The van der Waals surface area contributed by atoms with E-state index in [-0.39, 0.29) is 24.9 Å². The third kappa shape index (κ3) is 3.56. The van der Waals surface area contributed by atoms with E-state index in [9.17, 15) is 19.2 Å². The summed E-state index contributed by atoms with van der Waals surface area (Å²) in [4.78, 5) is 49.9. The summed E-state index contributed by atoms with van der Waals surface area (Å²) in [5.41, 5.74) is 1.46. The third-order valence-corrected chi connectivity index (χ3v) is 5.21. The molecule has 1 aromatic carbocycles. The maximum atomic E-state index is 12.8. The Morgan fingerprint density at radius 1 is 1.14 bits per heavy atom. The summed E-state index contributed by atoms with van der Waals surface area (Å²) in [6.45, 7) is 3.57. The van der Waals surface area contributed by atoms with Gasteiger partial charge in [0.05, 0.1) is 23.8 Å². The molecule has 3 aliphatic rings. The molecule has 0 aromatic heterocycles. The molecule has 148 valence electrons. The Morgan fingerprint density at radius 3 is 2.71 bits per heavy atom. The fourth-order valence-electron chi connectivity index (χ4n) is 3.76. The van der Waals surface area contributed by atoms with Crippen LogP contribution in [0.4, 0.5) is 0 Å². The van der Waals surface area contributed by atoms with Crippen molar-refractivity contribution in [3.63, 3.8) is 0 Å². The van der Waals surface area contributed by atoms with Crippen molar-refractivity contribution < 1.29 is 23.9 Å². The van der Waals surface area contributed by atoms with E-state index in [0.29, 0.717) is 30.8 Å². The Balaban J connectivity index is 1.43. The molecule has 0 bridgehead atoms. The van der Waals surface area contributed by atoms with E-state index in [0.717, 1.165) is 23.6 Å². The van der Waals surface area contributed by atoms with Gasteiger partial charge in [0.1, 0.15) is 6.04 Å². The first-order valence-corrected chi connectivity index (χ1v) is 9.42. The number of carbonyl (C=O) groups is 4. The minimum atomic E-state index is -0.942. The van der Waals surface area contributed by atoms with Gasteiger partial charge >= 0.3 is 0 Å². The molecule has 1 aromatic rings. The first-order valence-electron chi connectivity index (χ1n) is 9.42. The third-order valence-electron chi connectivity index (χ3n) is 5.21. The van der Waals surface area contributed by atoms with Crippen LogP contribution in [0.3, 0.4) is 0 Å². The number of hydrogen-bond donors (Lipinski definition) is 3. The van der Waals surface area contributed by atoms with E-state index in [1.165, 1.54) is 0 Å². The van der Waals surface area contributed by atoms with Gasteiger partial charge in [0.25, 0.3) is 11.8 Å². The van der Waals surface area contributed by atoms with Crippen molar-refractivity contribution in [1.82, 2.24) is 20.9 Å². The quantitative estimate of drug-likeness (QED) is 0.565. The van der Waals surface area contributed by atoms with E-state index >= 15 is 0 Å². The second-order valence-corrected chi connectivity index (χ2v) is 7.15. The molecule has 2 atom stereocenters. The number of fused-ring (bicyclic) bond motifs is 1. The zero-order valence-corrected chi connectivity index (χ0v) is 15.3. The molecule has 1 unspecified atom stereocenters. The van der Waals surface area contributed by atoms with Crippen LogP contribution in [0.2, 0.25) is 0 Å². The molecule has 9 nitrogen and oxygen atoms in total. The van der Waals surface area contributed by atoms with Crippen LogP contribution in [0.5, 0.6) is 0 Å². The number of amides is 4. The molecule has 28 heavy (non-hydrogen) atoms. The van der Waals surface area contributed by atoms with Gasteiger partial charge in [-0.1, -0.05) is 6.07 Å². The van der Waals surface area contributed by atoms with E-state index in [1.807, 2.05) is 0 Å². The molecule has 2 fully saturated rings. The molecule has 2 saturated heterocycles. The van der Waals surface area contributed by atoms with E-state index in [2.05, 4.69) is 16.0 Å². The second-order valence-electron chi connectivity index (χ2n) is 7.15. The number of hydrogen-bond acceptors (Lipinski definition) is 7. The predicted octanol–water partition coefficient (Wildman–Crippen LogP) is -0.834. The Kier molecular flexibility index (Phi) is 5.21. The standard InChI is InChI=1S/C19H22N4O5/c24-16-4-3-15(17(25)22-16)23-18(26)13-2-1-11(7-14(13)19(23)27)8-21-10-12-9-20-5-6-28-12/h1-2,7,12,15,20-21H,3-6,8-10H2,(H,22,24,25)/t12-,15?/m1/s1. The van der Waals surface area contributed by atoms with Crippen LogP contribution < -0.4 is 16.0 Å². The SMILES string of the molecule is O=C1CCC(N2C(=O)c3ccc(CNC[C@H]4CNCCO4)cc3C2=O)C(=O)N1. The van der Waals surface area contributed by atoms with E-state index < -0.39 is 23.8 Å². The summed E-state index contributed by atoms with van der Waals surface area (Å²) in [7, 11) is 0. The smallest absolute Gasteiger partial charge is 0.262 e. The lowest BCUT2D eigenvalue weighted by Gasteiger charge is -2.27. The molecule has 0 saturated carbocycles. The van der Waals surface area contributed by atoms with Gasteiger partial charge in [-0.05, 0) is 24.1 Å². The average Bonchev–Trinajstić information content (AvgIpc) is 2.93. The topological polar surface area (TPSA) is 117 Å². The van der Waals surface area contributed by atoms with Gasteiger partial charge in [-0.15, -0.1) is 0 Å². The van der Waals surface area contributed by atoms with Crippen molar-refractivity contribution in [3.05, 3.63) is 34.9 Å². The number of benzene rings is 1. The summed E-state index contributed by atoms with van der Waals surface area (Å²) in [5, 5.41) is 8.76. The highest BCUT2D eigenvalue weighted by molar-refractivity contribution is 6.23. The molecule has 0 aliphatic carbocycles. The second kappa shape index (κ2) is 7.78. The Morgan fingerprint density at radius 2 is 1.96 bits per heavy atom. The van der Waals surface area contributed by atoms with Crippen molar-refractivity contribution in [3.8, 4) is 0 Å². The number of morpholine rings is 1. The molecule has 9 heteroatoms. The number of piperidine rings is 1. The van der Waals surface area contributed by atoms with E-state index in [4.69, 9.17) is 4.74 Å². The predicted molar refractivity (Wildman–Crippen MR) is 97.4 cm³/mol. The van der Waals surface area contributed by atoms with Crippen LogP contribution in [0.25, 0.3) is 0 Å². The number of nitrogens with one attached hydrogen (secondary N) is 3. The van der Waals surface area contributed by atoms with Gasteiger partial charge in [0.15, 0.2) is 0 Å². The first kappa shape index (κ1) is 18.7. The van der Waals surface area contributed by atoms with Crippen LogP contribution in [0.15, 0.2) is 18.2 Å². The summed E-state index contributed by atoms with van der Waals surface area (Å²) in [6.07, 6.45) is 0.367. The van der Waals surface area contributed by atoms with Crippen LogP contribution in [-0.2, 0) is 20.9 Å². The molecule has 4 amide bonds. The van der Waals surface area contributed by atoms with Crippen LogP contribution in [0, 0.1) is 0 Å². The molecular weight excluding hydrogens is 364 g/mol. The Bertz CT molecular complexity index is 834. The van der Waals surface area contributed by atoms with Gasteiger partial charge in [0.2, 0.25) is 11.8 Å². The highest BCUT2D eigenvalue weighted by Crippen LogP contribution is 2.28. The number of imide groups is 2. The summed E-state index contributed by atoms with van der Waals surface area (Å²) in [6, 6.07) is 4.17. The molecule has 0 radical (unpaired) electrons. The molecule has 3 aliphatic heterocycles. The fourth-order valence-corrected chi connectivity index (χ4v) is 3.76. The van der Waals surface area contributed by atoms with Crippen LogP contribution >= 0.6 is 0 Å². The lowest BCUT2D eigenvalue weighted by atomic mass is 10.0. The maximum absolute atomic E-state index is 12.8. The largest absolute Gasteiger partial charge is 0.374 e. The van der Waals surface area contributed by atoms with Gasteiger partial charge in [-0.25, -0.2) is 0 Å². The van der Waals surface area contributed by atoms with Gasteiger partial charge < -0.3 is 15.4 Å². The number of carbonyl (C=O) groups excluding carboxylic acids is 4. The van der Waals surface area contributed by atoms with Gasteiger partial charge in [-0.3, -0.25) is 29.4 Å². The normalized spacial score (nSPS) is 25.1. The van der Waals surface area contributed by atoms with Crippen molar-refractivity contribution in [2.24, 2.45) is 0 Å². The molecule has 0 spiro atoms. The summed E-state index contributed by atoms with van der Waals surface area (Å²) in [5.74, 6) is -1.97. The molecule has 4 rings (SSSR count). The highest BCUT2D eigenvalue weighted by atomic mass is 16.5. The zero-order valence-electron chi connectivity index (χ0n) is 15.3. The van der Waals surface area contributed by atoms with E-state index in [1.54, 1.807) is 18.2 Å². The van der Waals surface area contributed by atoms with Gasteiger partial charge in [-0.2, -0.15) is 0 Å². The minimum absolute atomic E-state index is 0.106. The van der Waals surface area contributed by atoms with Crippen molar-refractivity contribution in [2.75, 3.05) is 26.2 Å². The zero-order chi connectivity index (χ0) is 19.7. The maximum Gasteiger partial charge on any atom is 0.262 e. The Labute approximate surface area is 161 Å². The molecular formula is C19H22N4O5. The van der Waals surface area contributed by atoms with Crippen molar-refractivity contribution in [2.45, 2.75) is 31.5 Å². The van der Waals surface area contributed by atoms with Crippen LogP contribution in [-0.4, -0.2) is 66.9 Å². The van der Waals surface area contributed by atoms with Crippen molar-refractivity contribution in [1.29, 1.82) is 0 Å². The Hall–Kier alpha value is -2.62. The lowest BCUT2D eigenvalue weighted by molar-refractivity contribution is -0.136. The number of nitrogens with zero attached hydrogens (tertiary/aromatic N) is 1. The number of rotatable bonds is 5. The summed E-state index contributed by atoms with van der Waals surface area (Å²) < 4.78 is 5.63. The van der Waals surface area contributed by atoms with Crippen LogP contribution in [0.1, 0.15) is 39.1 Å². The average molecular weight is 386 g/mol. The monoisotopic (exact) mass is 386 g/mol. The fraction of sp³-hybridized carbons (Fsp3) is 0.474. The minimum Gasteiger partial charge on any atom is -0.374 e. The number of ether oxygens (including phenoxy) is 1. The lowest BCUT2D eigenvalue weighted by Crippen LogP contribution is -2.54. The summed E-state index contributed by atoms with van der Waals surface area (Å²) >= 11 is 0. The van der Waals surface area contributed by atoms with Gasteiger partial charge in [0, 0.05) is 32.6 Å². The first-order chi connectivity index (χ1) is 13.5. The highest BCUT2D eigenvalue weighted by Gasteiger charge is 2.44.